The summed E-state index contributed by atoms with van der Waals surface area (Å²) in [6.45, 7) is 13.9. The van der Waals surface area contributed by atoms with Gasteiger partial charge in [0.25, 0.3) is 0 Å². The number of ether oxygens (including phenoxy) is 1. The van der Waals surface area contributed by atoms with Gasteiger partial charge in [-0.1, -0.05) is 20.8 Å². The fourth-order valence-electron chi connectivity index (χ4n) is 10.2. The highest BCUT2D eigenvalue weighted by atomic mass is 16.5. The molecule has 0 aromatic carbocycles. The minimum Gasteiger partial charge on any atom is -0.469 e. The van der Waals surface area contributed by atoms with Gasteiger partial charge in [-0.2, -0.15) is 0 Å². The Kier molecular flexibility index (Phi) is 11.6. The highest BCUT2D eigenvalue weighted by Crippen LogP contribution is 2.68. The van der Waals surface area contributed by atoms with Crippen molar-refractivity contribution in [2.45, 2.75) is 110 Å². The van der Waals surface area contributed by atoms with Gasteiger partial charge in [0.2, 0.25) is 0 Å². The summed E-state index contributed by atoms with van der Waals surface area (Å²) < 4.78 is 4.94. The average molecular weight is 547 g/mol. The van der Waals surface area contributed by atoms with Crippen LogP contribution in [-0.4, -0.2) is 58.4 Å². The van der Waals surface area contributed by atoms with Gasteiger partial charge in [-0.25, -0.2) is 0 Å². The lowest BCUT2D eigenvalue weighted by Gasteiger charge is -2.61. The van der Waals surface area contributed by atoms with Crippen LogP contribution in [0, 0.1) is 46.3 Å². The second-order valence-corrected chi connectivity index (χ2v) is 14.4. The molecule has 226 valence electrons. The monoisotopic (exact) mass is 546 g/mol. The van der Waals surface area contributed by atoms with Gasteiger partial charge in [0.1, 0.15) is 0 Å². The number of hydrogen-bond acceptors (Lipinski definition) is 6. The maximum Gasteiger partial charge on any atom is 0.305 e. The Hall–Kier alpha value is -0.690. The van der Waals surface area contributed by atoms with Crippen LogP contribution in [0.3, 0.4) is 0 Å². The molecule has 0 aromatic rings. The Morgan fingerprint density at radius 1 is 0.897 bits per heavy atom. The summed E-state index contributed by atoms with van der Waals surface area (Å²) in [5.74, 6) is 5.02. The Morgan fingerprint density at radius 2 is 1.62 bits per heavy atom. The van der Waals surface area contributed by atoms with Crippen molar-refractivity contribution in [2.75, 3.05) is 46.4 Å². The van der Waals surface area contributed by atoms with E-state index in [1.165, 1.54) is 71.3 Å². The van der Waals surface area contributed by atoms with E-state index in [1.807, 2.05) is 0 Å². The molecule has 5 N–H and O–H groups in total. The van der Waals surface area contributed by atoms with Gasteiger partial charge in [0.15, 0.2) is 0 Å². The van der Waals surface area contributed by atoms with Gasteiger partial charge in [-0.05, 0) is 150 Å². The minimum atomic E-state index is -0.0416. The lowest BCUT2D eigenvalue weighted by atomic mass is 9.44. The summed E-state index contributed by atoms with van der Waals surface area (Å²) in [7, 11) is 1.52. The van der Waals surface area contributed by atoms with Crippen LogP contribution in [-0.2, 0) is 9.53 Å². The van der Waals surface area contributed by atoms with Crippen LogP contribution in [0.15, 0.2) is 0 Å². The van der Waals surface area contributed by atoms with E-state index in [9.17, 15) is 4.79 Å². The number of nitrogens with two attached hydrogens (primary N) is 1. The summed E-state index contributed by atoms with van der Waals surface area (Å²) in [6, 6.07) is 0.708. The van der Waals surface area contributed by atoms with Crippen LogP contribution in [0.5, 0.6) is 0 Å². The molecule has 0 spiro atoms. The normalized spacial score (nSPS) is 38.5. The molecular formula is C33H62N4O2. The molecule has 6 heteroatoms. The number of carbonyl (C=O) groups is 1. The van der Waals surface area contributed by atoms with Gasteiger partial charge < -0.3 is 26.4 Å². The van der Waals surface area contributed by atoms with Gasteiger partial charge in [-0.3, -0.25) is 4.79 Å². The highest BCUT2D eigenvalue weighted by molar-refractivity contribution is 5.69. The number of fused-ring (bicyclic) bond motifs is 5. The Bertz CT molecular complexity index is 764. The summed E-state index contributed by atoms with van der Waals surface area (Å²) in [4.78, 5) is 11.8. The molecule has 4 aliphatic carbocycles. The quantitative estimate of drug-likeness (QED) is 0.169. The third-order valence-electron chi connectivity index (χ3n) is 12.5. The molecule has 0 aliphatic heterocycles. The molecule has 0 radical (unpaired) electrons. The van der Waals surface area contributed by atoms with Gasteiger partial charge >= 0.3 is 5.97 Å². The fraction of sp³-hybridized carbons (Fsp3) is 0.970. The topological polar surface area (TPSA) is 88.4 Å². The summed E-state index contributed by atoms with van der Waals surface area (Å²) in [5, 5.41) is 11.0. The lowest BCUT2D eigenvalue weighted by Crippen LogP contribution is -2.55. The maximum absolute atomic E-state index is 11.8. The molecule has 0 heterocycles. The van der Waals surface area contributed by atoms with E-state index in [0.717, 1.165) is 81.7 Å². The fourth-order valence-corrected chi connectivity index (χ4v) is 10.2. The van der Waals surface area contributed by atoms with E-state index < -0.39 is 0 Å². The van der Waals surface area contributed by atoms with Crippen molar-refractivity contribution in [3.05, 3.63) is 0 Å². The van der Waals surface area contributed by atoms with Crippen molar-refractivity contribution in [1.82, 2.24) is 16.0 Å². The van der Waals surface area contributed by atoms with Gasteiger partial charge in [0, 0.05) is 25.6 Å². The van der Waals surface area contributed by atoms with Crippen LogP contribution < -0.4 is 21.7 Å². The van der Waals surface area contributed by atoms with Crippen molar-refractivity contribution in [2.24, 2.45) is 52.1 Å². The van der Waals surface area contributed by atoms with Crippen LogP contribution in [0.4, 0.5) is 0 Å². The van der Waals surface area contributed by atoms with Gasteiger partial charge in [-0.15, -0.1) is 0 Å². The average Bonchev–Trinajstić information content (AvgIpc) is 3.29. The predicted octanol–water partition coefficient (Wildman–Crippen LogP) is 5.11. The third-order valence-corrected chi connectivity index (χ3v) is 12.5. The summed E-state index contributed by atoms with van der Waals surface area (Å²) in [6.07, 6.45) is 16.5. The molecule has 4 fully saturated rings. The Labute approximate surface area is 240 Å². The molecule has 4 saturated carbocycles. The van der Waals surface area contributed by atoms with E-state index in [4.69, 9.17) is 10.5 Å². The second kappa shape index (κ2) is 14.5. The standard InChI is InChI=1S/C33H62N4O2/c1-24(7-12-31(38)39-4)28-10-11-29-27-9-8-25-23-26(37-22-21-36-20-6-19-35-18-5-17-34)13-15-32(25,2)30(27)14-16-33(28,29)3/h24-30,35-37H,5-23,34H2,1-4H3/t24-,25?,26+,27?,28-,29?,30?,32+,33-/m1/s1. The van der Waals surface area contributed by atoms with E-state index >= 15 is 0 Å². The first-order valence-electron chi connectivity index (χ1n) is 16.7. The first kappa shape index (κ1) is 31.3. The van der Waals surface area contributed by atoms with E-state index in [1.54, 1.807) is 0 Å². The van der Waals surface area contributed by atoms with Crippen molar-refractivity contribution in [3.63, 3.8) is 0 Å². The molecular weight excluding hydrogens is 484 g/mol. The zero-order chi connectivity index (χ0) is 27.9. The largest absolute Gasteiger partial charge is 0.469 e. The Morgan fingerprint density at radius 3 is 2.38 bits per heavy atom. The lowest BCUT2D eigenvalue weighted by molar-refractivity contribution is -0.141. The molecule has 39 heavy (non-hydrogen) atoms. The smallest absolute Gasteiger partial charge is 0.305 e. The number of nitrogens with one attached hydrogen (secondary N) is 3. The molecule has 9 atom stereocenters. The van der Waals surface area contributed by atoms with E-state index in [2.05, 4.69) is 36.7 Å². The zero-order valence-electron chi connectivity index (χ0n) is 25.9. The molecule has 0 aromatic heterocycles. The van der Waals surface area contributed by atoms with Crippen LogP contribution in [0.2, 0.25) is 0 Å². The molecule has 4 rings (SSSR count). The molecule has 0 bridgehead atoms. The zero-order valence-corrected chi connectivity index (χ0v) is 25.9. The van der Waals surface area contributed by atoms with Crippen LogP contribution in [0.25, 0.3) is 0 Å². The molecule has 6 nitrogen and oxygen atoms in total. The first-order valence-corrected chi connectivity index (χ1v) is 16.7. The van der Waals surface area contributed by atoms with E-state index in [-0.39, 0.29) is 5.97 Å². The number of carbonyl (C=O) groups excluding carboxylic acids is 1. The van der Waals surface area contributed by atoms with Gasteiger partial charge in [0.05, 0.1) is 7.11 Å². The highest BCUT2D eigenvalue weighted by Gasteiger charge is 2.60. The van der Waals surface area contributed by atoms with Crippen molar-refractivity contribution in [1.29, 1.82) is 0 Å². The van der Waals surface area contributed by atoms with Crippen molar-refractivity contribution < 1.29 is 9.53 Å². The van der Waals surface area contributed by atoms with Crippen molar-refractivity contribution in [3.8, 4) is 0 Å². The first-order chi connectivity index (χ1) is 18.8. The molecule has 0 amide bonds. The number of esters is 1. The van der Waals surface area contributed by atoms with Crippen LogP contribution >= 0.6 is 0 Å². The molecule has 4 aliphatic rings. The number of hydrogen-bond donors (Lipinski definition) is 4. The second-order valence-electron chi connectivity index (χ2n) is 14.4. The van der Waals surface area contributed by atoms with Crippen LogP contribution in [0.1, 0.15) is 104 Å². The van der Waals surface area contributed by atoms with E-state index in [0.29, 0.717) is 29.2 Å². The minimum absolute atomic E-state index is 0.0416. The predicted molar refractivity (Wildman–Crippen MR) is 161 cm³/mol. The molecule has 0 saturated heterocycles. The Balaban J connectivity index is 1.21. The SMILES string of the molecule is COC(=O)CC[C@@H](C)[C@H]1CCC2C3CCC4C[C@@H](NCCNCCCNCCCN)CC[C@]4(C)C3CC[C@@]21C. The maximum atomic E-state index is 11.8. The number of methoxy groups -OCH3 is 1. The third kappa shape index (κ3) is 7.21. The number of rotatable bonds is 15. The molecule has 4 unspecified atom stereocenters. The summed E-state index contributed by atoms with van der Waals surface area (Å²) >= 11 is 0. The van der Waals surface area contributed by atoms with Crippen molar-refractivity contribution >= 4 is 5.97 Å². The summed E-state index contributed by atoms with van der Waals surface area (Å²) in [5.41, 5.74) is 6.57.